The summed E-state index contributed by atoms with van der Waals surface area (Å²) in [5.41, 5.74) is 3.06. The number of rotatable bonds is 5. The Balaban J connectivity index is 2.33. The van der Waals surface area contributed by atoms with Crippen molar-refractivity contribution in [1.29, 1.82) is 0 Å². The molecule has 0 spiro atoms. The topological polar surface area (TPSA) is 12.0 Å². The lowest BCUT2D eigenvalue weighted by Gasteiger charge is -2.19. The van der Waals surface area contributed by atoms with E-state index < -0.39 is 0 Å². The van der Waals surface area contributed by atoms with Gasteiger partial charge in [0.15, 0.2) is 0 Å². The van der Waals surface area contributed by atoms with E-state index in [1.165, 1.54) is 11.6 Å². The van der Waals surface area contributed by atoms with Crippen LogP contribution in [0.15, 0.2) is 46.9 Å². The standard InChI is InChI=1S/C18H21BrFN/c1-4-12(2)13-5-7-14(8-6-13)18(21-3)16-10-9-15(19)11-17(16)20/h5-12,18,21H,4H2,1-3H3. The summed E-state index contributed by atoms with van der Waals surface area (Å²) in [5, 5.41) is 3.20. The Hall–Kier alpha value is -1.19. The molecular weight excluding hydrogens is 329 g/mol. The van der Waals surface area contributed by atoms with Crippen molar-refractivity contribution in [2.75, 3.05) is 7.05 Å². The van der Waals surface area contributed by atoms with E-state index >= 15 is 0 Å². The largest absolute Gasteiger partial charge is 0.309 e. The molecule has 0 amide bonds. The van der Waals surface area contributed by atoms with Crippen LogP contribution in [0.5, 0.6) is 0 Å². The van der Waals surface area contributed by atoms with Crippen molar-refractivity contribution in [2.45, 2.75) is 32.2 Å². The third kappa shape index (κ3) is 3.72. The molecule has 0 aliphatic carbocycles. The van der Waals surface area contributed by atoms with Crippen molar-refractivity contribution in [3.05, 3.63) is 69.4 Å². The highest BCUT2D eigenvalue weighted by atomic mass is 79.9. The molecule has 1 N–H and O–H groups in total. The fourth-order valence-electron chi connectivity index (χ4n) is 2.49. The van der Waals surface area contributed by atoms with Gasteiger partial charge in [-0.3, -0.25) is 0 Å². The lowest BCUT2D eigenvalue weighted by Crippen LogP contribution is -2.19. The second-order valence-electron chi connectivity index (χ2n) is 5.36. The Bertz CT molecular complexity index is 595. The van der Waals surface area contributed by atoms with Gasteiger partial charge in [-0.1, -0.05) is 60.1 Å². The second-order valence-corrected chi connectivity index (χ2v) is 6.28. The maximum Gasteiger partial charge on any atom is 0.129 e. The normalized spacial score (nSPS) is 14.0. The van der Waals surface area contributed by atoms with Crippen molar-refractivity contribution in [3.63, 3.8) is 0 Å². The van der Waals surface area contributed by atoms with E-state index in [-0.39, 0.29) is 11.9 Å². The molecule has 2 atom stereocenters. The van der Waals surface area contributed by atoms with Gasteiger partial charge in [-0.15, -0.1) is 0 Å². The average molecular weight is 350 g/mol. The van der Waals surface area contributed by atoms with E-state index in [2.05, 4.69) is 59.4 Å². The van der Waals surface area contributed by atoms with E-state index in [4.69, 9.17) is 0 Å². The minimum absolute atomic E-state index is 0.135. The first-order valence-corrected chi connectivity index (χ1v) is 8.08. The molecule has 3 heteroatoms. The van der Waals surface area contributed by atoms with E-state index in [9.17, 15) is 4.39 Å². The molecule has 0 aliphatic rings. The Kier molecular flexibility index (Phi) is 5.54. The molecule has 0 heterocycles. The van der Waals surface area contributed by atoms with Crippen molar-refractivity contribution < 1.29 is 4.39 Å². The van der Waals surface area contributed by atoms with Crippen molar-refractivity contribution >= 4 is 15.9 Å². The number of benzene rings is 2. The van der Waals surface area contributed by atoms with Gasteiger partial charge in [0.25, 0.3) is 0 Å². The first-order chi connectivity index (χ1) is 10.1. The third-order valence-electron chi connectivity index (χ3n) is 4.01. The zero-order valence-electron chi connectivity index (χ0n) is 12.7. The smallest absolute Gasteiger partial charge is 0.129 e. The molecule has 21 heavy (non-hydrogen) atoms. The Morgan fingerprint density at radius 3 is 2.24 bits per heavy atom. The molecule has 0 fully saturated rings. The highest BCUT2D eigenvalue weighted by Gasteiger charge is 2.16. The number of nitrogens with one attached hydrogen (secondary N) is 1. The maximum atomic E-state index is 14.2. The second kappa shape index (κ2) is 7.19. The molecule has 0 saturated heterocycles. The predicted octanol–water partition coefficient (Wildman–Crippen LogP) is 5.41. The molecule has 2 aromatic carbocycles. The summed E-state index contributed by atoms with van der Waals surface area (Å²) in [6.45, 7) is 4.41. The van der Waals surface area contributed by atoms with Crippen LogP contribution in [0.25, 0.3) is 0 Å². The maximum absolute atomic E-state index is 14.2. The molecular formula is C18H21BrFN. The zero-order valence-corrected chi connectivity index (χ0v) is 14.2. The quantitative estimate of drug-likeness (QED) is 0.760. The number of hydrogen-bond acceptors (Lipinski definition) is 1. The Labute approximate surface area is 134 Å². The molecule has 0 radical (unpaired) electrons. The van der Waals surface area contributed by atoms with Gasteiger partial charge in [-0.25, -0.2) is 4.39 Å². The van der Waals surface area contributed by atoms with Crippen LogP contribution in [-0.4, -0.2) is 7.05 Å². The molecule has 2 aromatic rings. The molecule has 2 rings (SSSR count). The fourth-order valence-corrected chi connectivity index (χ4v) is 2.82. The lowest BCUT2D eigenvalue weighted by atomic mass is 9.93. The zero-order chi connectivity index (χ0) is 15.4. The van der Waals surface area contributed by atoms with Gasteiger partial charge >= 0.3 is 0 Å². The van der Waals surface area contributed by atoms with Crippen LogP contribution >= 0.6 is 15.9 Å². The van der Waals surface area contributed by atoms with Crippen LogP contribution < -0.4 is 5.32 Å². The minimum Gasteiger partial charge on any atom is -0.309 e. The molecule has 2 unspecified atom stereocenters. The SMILES string of the molecule is CCC(C)c1ccc(C(NC)c2ccc(Br)cc2F)cc1. The Morgan fingerprint density at radius 2 is 1.71 bits per heavy atom. The van der Waals surface area contributed by atoms with E-state index in [1.54, 1.807) is 0 Å². The highest BCUT2D eigenvalue weighted by Crippen LogP contribution is 2.28. The molecule has 0 bridgehead atoms. The van der Waals surface area contributed by atoms with Crippen LogP contribution in [0.3, 0.4) is 0 Å². The number of hydrogen-bond donors (Lipinski definition) is 1. The van der Waals surface area contributed by atoms with Crippen LogP contribution in [0.1, 0.15) is 48.9 Å². The lowest BCUT2D eigenvalue weighted by molar-refractivity contribution is 0.575. The minimum atomic E-state index is -0.199. The van der Waals surface area contributed by atoms with Gasteiger partial charge < -0.3 is 5.32 Å². The summed E-state index contributed by atoms with van der Waals surface area (Å²) < 4.78 is 14.9. The van der Waals surface area contributed by atoms with E-state index in [0.717, 1.165) is 16.5 Å². The van der Waals surface area contributed by atoms with Crippen molar-refractivity contribution in [3.8, 4) is 0 Å². The van der Waals surface area contributed by atoms with Crippen molar-refractivity contribution in [2.24, 2.45) is 0 Å². The van der Waals surface area contributed by atoms with Crippen LogP contribution in [0.4, 0.5) is 4.39 Å². The molecule has 0 saturated carbocycles. The fraction of sp³-hybridized carbons (Fsp3) is 0.333. The third-order valence-corrected chi connectivity index (χ3v) is 4.51. The molecule has 0 aliphatic heterocycles. The summed E-state index contributed by atoms with van der Waals surface area (Å²) in [7, 11) is 1.86. The summed E-state index contributed by atoms with van der Waals surface area (Å²) in [5.74, 6) is 0.353. The summed E-state index contributed by atoms with van der Waals surface area (Å²) in [4.78, 5) is 0. The van der Waals surface area contributed by atoms with Crippen LogP contribution in [-0.2, 0) is 0 Å². The van der Waals surface area contributed by atoms with Gasteiger partial charge in [0.05, 0.1) is 6.04 Å². The summed E-state index contributed by atoms with van der Waals surface area (Å²) >= 11 is 3.30. The first-order valence-electron chi connectivity index (χ1n) is 7.28. The summed E-state index contributed by atoms with van der Waals surface area (Å²) in [6, 6.07) is 13.5. The van der Waals surface area contributed by atoms with E-state index in [1.807, 2.05) is 19.2 Å². The van der Waals surface area contributed by atoms with Crippen LogP contribution in [0.2, 0.25) is 0 Å². The van der Waals surface area contributed by atoms with Gasteiger partial charge in [0.1, 0.15) is 5.82 Å². The summed E-state index contributed by atoms with van der Waals surface area (Å²) in [6.07, 6.45) is 1.12. The molecule has 112 valence electrons. The van der Waals surface area contributed by atoms with E-state index in [0.29, 0.717) is 11.5 Å². The van der Waals surface area contributed by atoms with Gasteiger partial charge in [-0.05, 0) is 42.6 Å². The van der Waals surface area contributed by atoms with Gasteiger partial charge in [0.2, 0.25) is 0 Å². The van der Waals surface area contributed by atoms with Gasteiger partial charge in [0, 0.05) is 10.0 Å². The molecule has 1 nitrogen and oxygen atoms in total. The van der Waals surface area contributed by atoms with Crippen LogP contribution in [0, 0.1) is 5.82 Å². The van der Waals surface area contributed by atoms with Crippen molar-refractivity contribution in [1.82, 2.24) is 5.32 Å². The van der Waals surface area contributed by atoms with Gasteiger partial charge in [-0.2, -0.15) is 0 Å². The Morgan fingerprint density at radius 1 is 1.10 bits per heavy atom. The predicted molar refractivity (Wildman–Crippen MR) is 90.2 cm³/mol. The molecule has 0 aromatic heterocycles. The highest BCUT2D eigenvalue weighted by molar-refractivity contribution is 9.10. The number of halogens is 2. The first kappa shape index (κ1) is 16.2. The average Bonchev–Trinajstić information content (AvgIpc) is 2.50. The monoisotopic (exact) mass is 349 g/mol.